The highest BCUT2D eigenvalue weighted by Gasteiger charge is 2.25. The molecular formula is C21H27NO2. The summed E-state index contributed by atoms with van der Waals surface area (Å²) in [5.74, 6) is -0.912. The number of rotatable bonds is 2. The molecule has 3 heteroatoms. The number of benzene rings is 2. The third-order valence-electron chi connectivity index (χ3n) is 4.26. The van der Waals surface area contributed by atoms with Gasteiger partial charge in [-0.05, 0) is 57.3 Å². The first kappa shape index (κ1) is 18.1. The molecule has 3 N–H and O–H groups in total. The maximum absolute atomic E-state index is 11.0. The van der Waals surface area contributed by atoms with Crippen molar-refractivity contribution in [3.63, 3.8) is 0 Å². The lowest BCUT2D eigenvalue weighted by atomic mass is 9.77. The quantitative estimate of drug-likeness (QED) is 0.743. The van der Waals surface area contributed by atoms with Crippen molar-refractivity contribution >= 4 is 11.7 Å². The molecule has 0 radical (unpaired) electrons. The van der Waals surface area contributed by atoms with Gasteiger partial charge in [0.25, 0.3) is 0 Å². The molecule has 0 aromatic heterocycles. The number of hydrogen-bond acceptors (Lipinski definition) is 2. The first-order valence-corrected chi connectivity index (χ1v) is 8.19. The molecule has 2 aromatic carbocycles. The van der Waals surface area contributed by atoms with Crippen molar-refractivity contribution in [3.8, 4) is 11.1 Å². The van der Waals surface area contributed by atoms with Crippen LogP contribution in [0.4, 0.5) is 5.69 Å². The Kier molecular flexibility index (Phi) is 4.49. The number of hydrogen-bond donors (Lipinski definition) is 2. The Hall–Kier alpha value is -2.29. The van der Waals surface area contributed by atoms with E-state index in [4.69, 9.17) is 10.8 Å². The number of carbonyl (C=O) groups is 1. The molecule has 0 amide bonds. The highest BCUT2D eigenvalue weighted by Crippen LogP contribution is 2.39. The molecule has 0 aliphatic carbocycles. The van der Waals surface area contributed by atoms with Gasteiger partial charge in [0.1, 0.15) is 0 Å². The van der Waals surface area contributed by atoms with Gasteiger partial charge >= 0.3 is 5.97 Å². The minimum Gasteiger partial charge on any atom is -0.478 e. The van der Waals surface area contributed by atoms with Gasteiger partial charge in [-0.1, -0.05) is 53.7 Å². The summed E-state index contributed by atoms with van der Waals surface area (Å²) < 4.78 is 0. The van der Waals surface area contributed by atoms with Crippen LogP contribution in [-0.2, 0) is 10.8 Å². The second kappa shape index (κ2) is 5.97. The molecule has 0 fully saturated rings. The van der Waals surface area contributed by atoms with E-state index < -0.39 is 5.97 Å². The average Bonchev–Trinajstić information content (AvgIpc) is 2.45. The van der Waals surface area contributed by atoms with Gasteiger partial charge in [0.15, 0.2) is 0 Å². The summed E-state index contributed by atoms with van der Waals surface area (Å²) in [4.78, 5) is 11.0. The Balaban J connectivity index is 2.68. The van der Waals surface area contributed by atoms with Gasteiger partial charge in [-0.25, -0.2) is 4.79 Å². The van der Waals surface area contributed by atoms with Gasteiger partial charge in [0.2, 0.25) is 0 Å². The van der Waals surface area contributed by atoms with Crippen molar-refractivity contribution in [1.29, 1.82) is 0 Å². The molecule has 0 saturated carbocycles. The van der Waals surface area contributed by atoms with E-state index in [9.17, 15) is 4.79 Å². The molecule has 0 spiro atoms. The first-order chi connectivity index (χ1) is 10.9. The zero-order chi connectivity index (χ0) is 18.3. The lowest BCUT2D eigenvalue weighted by Crippen LogP contribution is -2.20. The second-order valence-corrected chi connectivity index (χ2v) is 8.37. The van der Waals surface area contributed by atoms with Gasteiger partial charge in [-0.15, -0.1) is 0 Å². The fraction of sp³-hybridized carbons (Fsp3) is 0.381. The smallest absolute Gasteiger partial charge is 0.335 e. The molecule has 128 valence electrons. The summed E-state index contributed by atoms with van der Waals surface area (Å²) in [5, 5.41) is 9.07. The number of carboxylic acid groups (broad SMARTS) is 1. The van der Waals surface area contributed by atoms with Crippen molar-refractivity contribution in [3.05, 3.63) is 53.1 Å². The molecule has 2 rings (SSSR count). The largest absolute Gasteiger partial charge is 0.478 e. The summed E-state index contributed by atoms with van der Waals surface area (Å²) in [7, 11) is 0. The van der Waals surface area contributed by atoms with Crippen molar-refractivity contribution in [2.45, 2.75) is 52.4 Å². The number of carboxylic acids is 1. The van der Waals surface area contributed by atoms with Crippen molar-refractivity contribution in [1.82, 2.24) is 0 Å². The fourth-order valence-electron chi connectivity index (χ4n) is 2.87. The van der Waals surface area contributed by atoms with E-state index in [2.05, 4.69) is 53.7 Å². The topological polar surface area (TPSA) is 63.3 Å². The Morgan fingerprint density at radius 2 is 1.25 bits per heavy atom. The molecule has 2 aromatic rings. The van der Waals surface area contributed by atoms with E-state index in [0.717, 1.165) is 27.9 Å². The summed E-state index contributed by atoms with van der Waals surface area (Å²) in [6, 6.07) is 11.2. The van der Waals surface area contributed by atoms with E-state index in [1.54, 1.807) is 12.1 Å². The predicted molar refractivity (Wildman–Crippen MR) is 101 cm³/mol. The maximum atomic E-state index is 11.0. The normalized spacial score (nSPS) is 12.2. The molecule has 24 heavy (non-hydrogen) atoms. The van der Waals surface area contributed by atoms with E-state index >= 15 is 0 Å². The van der Waals surface area contributed by atoms with Crippen LogP contribution in [0, 0.1) is 0 Å². The number of anilines is 1. The molecule has 0 aliphatic rings. The zero-order valence-corrected chi connectivity index (χ0v) is 15.4. The molecule has 3 nitrogen and oxygen atoms in total. The van der Waals surface area contributed by atoms with Gasteiger partial charge in [0, 0.05) is 5.69 Å². The third kappa shape index (κ3) is 3.61. The summed E-state index contributed by atoms with van der Waals surface area (Å²) >= 11 is 0. The molecule has 0 bridgehead atoms. The van der Waals surface area contributed by atoms with Crippen molar-refractivity contribution < 1.29 is 9.90 Å². The maximum Gasteiger partial charge on any atom is 0.335 e. The van der Waals surface area contributed by atoms with E-state index in [1.807, 2.05) is 12.1 Å². The lowest BCUT2D eigenvalue weighted by Gasteiger charge is -2.29. The highest BCUT2D eigenvalue weighted by molar-refractivity contribution is 5.88. The average molecular weight is 325 g/mol. The van der Waals surface area contributed by atoms with Crippen molar-refractivity contribution in [2.75, 3.05) is 5.73 Å². The van der Waals surface area contributed by atoms with Crippen LogP contribution in [-0.4, -0.2) is 11.1 Å². The Morgan fingerprint density at radius 1 is 0.833 bits per heavy atom. The van der Waals surface area contributed by atoms with Crippen LogP contribution in [0.5, 0.6) is 0 Å². The van der Waals surface area contributed by atoms with E-state index in [-0.39, 0.29) is 10.8 Å². The summed E-state index contributed by atoms with van der Waals surface area (Å²) in [5.41, 5.74) is 11.8. The molecule has 0 aliphatic heterocycles. The molecular weight excluding hydrogens is 298 g/mol. The van der Waals surface area contributed by atoms with Crippen LogP contribution in [0.1, 0.15) is 63.0 Å². The highest BCUT2D eigenvalue weighted by atomic mass is 16.4. The van der Waals surface area contributed by atoms with Gasteiger partial charge in [0.05, 0.1) is 5.56 Å². The van der Waals surface area contributed by atoms with Gasteiger partial charge < -0.3 is 10.8 Å². The number of aromatic carboxylic acids is 1. The Morgan fingerprint density at radius 3 is 1.58 bits per heavy atom. The van der Waals surface area contributed by atoms with Crippen LogP contribution < -0.4 is 5.73 Å². The summed E-state index contributed by atoms with van der Waals surface area (Å²) in [6.07, 6.45) is 0. The van der Waals surface area contributed by atoms with E-state index in [0.29, 0.717) is 5.56 Å². The SMILES string of the molecule is CC(C)(C)c1cc(-c2ccc(C(=O)O)cc2)cc(C(C)(C)C)c1N. The summed E-state index contributed by atoms with van der Waals surface area (Å²) in [6.45, 7) is 12.9. The number of nitrogens with two attached hydrogens (primary N) is 1. The number of nitrogen functional groups attached to an aromatic ring is 1. The lowest BCUT2D eigenvalue weighted by molar-refractivity contribution is 0.0697. The molecule has 0 unspecified atom stereocenters. The third-order valence-corrected chi connectivity index (χ3v) is 4.26. The Bertz CT molecular complexity index is 725. The molecule has 0 saturated heterocycles. The Labute approximate surface area is 144 Å². The fourth-order valence-corrected chi connectivity index (χ4v) is 2.87. The van der Waals surface area contributed by atoms with Gasteiger partial charge in [-0.2, -0.15) is 0 Å². The second-order valence-electron chi connectivity index (χ2n) is 8.37. The zero-order valence-electron chi connectivity index (χ0n) is 15.4. The standard InChI is InChI=1S/C21H27NO2/c1-20(2,3)16-11-15(12-17(18(16)22)21(4,5)6)13-7-9-14(10-8-13)19(23)24/h7-12H,22H2,1-6H3,(H,23,24). The first-order valence-electron chi connectivity index (χ1n) is 8.19. The van der Waals surface area contributed by atoms with Crippen molar-refractivity contribution in [2.24, 2.45) is 0 Å². The van der Waals surface area contributed by atoms with Crippen LogP contribution in [0.3, 0.4) is 0 Å². The molecule has 0 heterocycles. The van der Waals surface area contributed by atoms with Crippen LogP contribution >= 0.6 is 0 Å². The van der Waals surface area contributed by atoms with Crippen LogP contribution in [0.25, 0.3) is 11.1 Å². The van der Waals surface area contributed by atoms with Crippen LogP contribution in [0.2, 0.25) is 0 Å². The van der Waals surface area contributed by atoms with Crippen LogP contribution in [0.15, 0.2) is 36.4 Å². The predicted octanol–water partition coefficient (Wildman–Crippen LogP) is 5.23. The van der Waals surface area contributed by atoms with Gasteiger partial charge in [-0.3, -0.25) is 0 Å². The monoisotopic (exact) mass is 325 g/mol. The molecule has 0 atom stereocenters. The van der Waals surface area contributed by atoms with E-state index in [1.165, 1.54) is 0 Å². The minimum atomic E-state index is -0.912. The minimum absolute atomic E-state index is 0.0684.